The number of nitrogens with one attached hydrogen (secondary N) is 2. The molecule has 0 aliphatic carbocycles. The molecule has 0 fully saturated rings. The number of rotatable bonds is 7. The lowest BCUT2D eigenvalue weighted by Gasteiger charge is -2.10. The van der Waals surface area contributed by atoms with Crippen molar-refractivity contribution in [2.24, 2.45) is 5.73 Å². The Hall–Kier alpha value is -1.63. The molecule has 0 spiro atoms. The van der Waals surface area contributed by atoms with E-state index in [1.165, 1.54) is 0 Å². The molecule has 0 aliphatic rings. The van der Waals surface area contributed by atoms with Crippen molar-refractivity contribution in [3.05, 3.63) is 5.89 Å². The van der Waals surface area contributed by atoms with Crippen LogP contribution in [0.25, 0.3) is 0 Å². The highest BCUT2D eigenvalue weighted by atomic mass is 16.4. The third kappa shape index (κ3) is 4.81. The Morgan fingerprint density at radius 3 is 2.88 bits per heavy atom. The Bertz CT molecular complexity index is 352. The molecule has 1 atom stereocenters. The van der Waals surface area contributed by atoms with Gasteiger partial charge in [0, 0.05) is 19.0 Å². The molecule has 1 aromatic rings. The second kappa shape index (κ2) is 6.85. The fourth-order valence-electron chi connectivity index (χ4n) is 1.14. The van der Waals surface area contributed by atoms with Crippen LogP contribution in [0.5, 0.6) is 0 Å². The molecular weight excluding hydrogens is 222 g/mol. The van der Waals surface area contributed by atoms with E-state index in [9.17, 15) is 4.79 Å². The maximum atomic E-state index is 11.4. The van der Waals surface area contributed by atoms with Crippen molar-refractivity contribution in [3.63, 3.8) is 0 Å². The highest BCUT2D eigenvalue weighted by molar-refractivity contribution is 5.76. The van der Waals surface area contributed by atoms with E-state index in [-0.39, 0.29) is 18.5 Å². The van der Waals surface area contributed by atoms with Crippen molar-refractivity contribution in [3.8, 4) is 0 Å². The minimum atomic E-state index is 0.00501. The summed E-state index contributed by atoms with van der Waals surface area (Å²) in [6.45, 7) is 4.66. The molecule has 0 aliphatic heterocycles. The van der Waals surface area contributed by atoms with Crippen LogP contribution < -0.4 is 16.4 Å². The Morgan fingerprint density at radius 2 is 2.29 bits per heavy atom. The van der Waals surface area contributed by atoms with E-state index in [2.05, 4.69) is 20.8 Å². The molecule has 1 rings (SSSR count). The summed E-state index contributed by atoms with van der Waals surface area (Å²) < 4.78 is 5.13. The number of amides is 1. The van der Waals surface area contributed by atoms with Gasteiger partial charge in [-0.15, -0.1) is 5.10 Å². The Labute approximate surface area is 100 Å². The quantitative estimate of drug-likeness (QED) is 0.631. The Kier molecular flexibility index (Phi) is 5.41. The molecule has 0 bridgehead atoms. The zero-order valence-electron chi connectivity index (χ0n) is 10.2. The smallest absolute Gasteiger partial charge is 0.315 e. The van der Waals surface area contributed by atoms with Crippen LogP contribution in [0, 0.1) is 0 Å². The van der Waals surface area contributed by atoms with Crippen LogP contribution in [0.3, 0.4) is 0 Å². The van der Waals surface area contributed by atoms with Crippen molar-refractivity contribution in [2.45, 2.75) is 39.3 Å². The van der Waals surface area contributed by atoms with Crippen molar-refractivity contribution in [1.82, 2.24) is 15.5 Å². The molecule has 7 heteroatoms. The highest BCUT2D eigenvalue weighted by Crippen LogP contribution is 2.03. The van der Waals surface area contributed by atoms with E-state index in [0.717, 1.165) is 6.42 Å². The molecule has 96 valence electrons. The van der Waals surface area contributed by atoms with Crippen LogP contribution in [-0.2, 0) is 11.3 Å². The SMILES string of the molecule is CCC(C)NC(=O)CCNc1nnc(CN)o1. The third-order valence-electron chi connectivity index (χ3n) is 2.29. The van der Waals surface area contributed by atoms with Crippen LogP contribution in [-0.4, -0.2) is 28.7 Å². The molecule has 0 saturated heterocycles. The van der Waals surface area contributed by atoms with Crippen LogP contribution in [0.4, 0.5) is 6.01 Å². The summed E-state index contributed by atoms with van der Waals surface area (Å²) >= 11 is 0. The van der Waals surface area contributed by atoms with Crippen LogP contribution in [0.15, 0.2) is 4.42 Å². The molecule has 1 aromatic heterocycles. The van der Waals surface area contributed by atoms with Crippen molar-refractivity contribution < 1.29 is 9.21 Å². The summed E-state index contributed by atoms with van der Waals surface area (Å²) in [4.78, 5) is 11.4. The van der Waals surface area contributed by atoms with Gasteiger partial charge in [0.15, 0.2) is 0 Å². The predicted molar refractivity (Wildman–Crippen MR) is 63.2 cm³/mol. The van der Waals surface area contributed by atoms with Gasteiger partial charge in [0.25, 0.3) is 0 Å². The molecule has 7 nitrogen and oxygen atoms in total. The minimum Gasteiger partial charge on any atom is -0.407 e. The lowest BCUT2D eigenvalue weighted by molar-refractivity contribution is -0.121. The highest BCUT2D eigenvalue weighted by Gasteiger charge is 2.07. The second-order valence-corrected chi connectivity index (χ2v) is 3.76. The summed E-state index contributed by atoms with van der Waals surface area (Å²) in [5, 5.41) is 13.1. The lowest BCUT2D eigenvalue weighted by atomic mass is 10.2. The molecule has 0 aromatic carbocycles. The van der Waals surface area contributed by atoms with E-state index in [1.54, 1.807) is 0 Å². The topological polar surface area (TPSA) is 106 Å². The van der Waals surface area contributed by atoms with Gasteiger partial charge >= 0.3 is 6.01 Å². The molecule has 17 heavy (non-hydrogen) atoms. The number of nitrogens with zero attached hydrogens (tertiary/aromatic N) is 2. The third-order valence-corrected chi connectivity index (χ3v) is 2.29. The molecule has 4 N–H and O–H groups in total. The summed E-state index contributed by atoms with van der Waals surface area (Å²) in [6, 6.07) is 0.497. The first-order valence-corrected chi connectivity index (χ1v) is 5.71. The van der Waals surface area contributed by atoms with Gasteiger partial charge in [-0.05, 0) is 13.3 Å². The normalized spacial score (nSPS) is 12.2. The lowest BCUT2D eigenvalue weighted by Crippen LogP contribution is -2.32. The predicted octanol–water partition coefficient (Wildman–Crippen LogP) is 0.245. The zero-order chi connectivity index (χ0) is 12.7. The van der Waals surface area contributed by atoms with Crippen molar-refractivity contribution in [2.75, 3.05) is 11.9 Å². The van der Waals surface area contributed by atoms with Crippen LogP contribution >= 0.6 is 0 Å². The summed E-state index contributed by atoms with van der Waals surface area (Å²) in [5.41, 5.74) is 5.32. The van der Waals surface area contributed by atoms with Gasteiger partial charge in [-0.3, -0.25) is 4.79 Å². The number of hydrogen-bond donors (Lipinski definition) is 3. The number of anilines is 1. The van der Waals surface area contributed by atoms with Crippen LogP contribution in [0.1, 0.15) is 32.6 Å². The average Bonchev–Trinajstić information content (AvgIpc) is 2.76. The van der Waals surface area contributed by atoms with Gasteiger partial charge in [-0.2, -0.15) is 0 Å². The van der Waals surface area contributed by atoms with E-state index in [0.29, 0.717) is 24.9 Å². The van der Waals surface area contributed by atoms with E-state index in [4.69, 9.17) is 10.2 Å². The Morgan fingerprint density at radius 1 is 1.53 bits per heavy atom. The van der Waals surface area contributed by atoms with E-state index in [1.807, 2.05) is 13.8 Å². The van der Waals surface area contributed by atoms with Gasteiger partial charge < -0.3 is 20.8 Å². The minimum absolute atomic E-state index is 0.00501. The molecule has 1 heterocycles. The number of aromatic nitrogens is 2. The fourth-order valence-corrected chi connectivity index (χ4v) is 1.14. The maximum Gasteiger partial charge on any atom is 0.315 e. The van der Waals surface area contributed by atoms with Gasteiger partial charge in [0.05, 0.1) is 6.54 Å². The molecule has 0 radical (unpaired) electrons. The molecule has 1 amide bonds. The van der Waals surface area contributed by atoms with Gasteiger partial charge in [-0.1, -0.05) is 12.0 Å². The van der Waals surface area contributed by atoms with Crippen molar-refractivity contribution in [1.29, 1.82) is 0 Å². The first-order valence-electron chi connectivity index (χ1n) is 5.71. The standard InChI is InChI=1S/C10H19N5O2/c1-3-7(2)13-8(16)4-5-12-10-15-14-9(6-11)17-10/h7H,3-6,11H2,1-2H3,(H,12,15)(H,13,16). The number of carbonyl (C=O) groups excluding carboxylic acids is 1. The van der Waals surface area contributed by atoms with Gasteiger partial charge in [0.2, 0.25) is 11.8 Å². The molecular formula is C10H19N5O2. The van der Waals surface area contributed by atoms with Gasteiger partial charge in [0.1, 0.15) is 0 Å². The molecule has 0 saturated carbocycles. The Balaban J connectivity index is 2.21. The average molecular weight is 241 g/mol. The zero-order valence-corrected chi connectivity index (χ0v) is 10.2. The summed E-state index contributed by atoms with van der Waals surface area (Å²) in [5.74, 6) is 0.377. The maximum absolute atomic E-state index is 11.4. The van der Waals surface area contributed by atoms with Crippen molar-refractivity contribution >= 4 is 11.9 Å². The number of hydrogen-bond acceptors (Lipinski definition) is 6. The van der Waals surface area contributed by atoms with E-state index >= 15 is 0 Å². The second-order valence-electron chi connectivity index (χ2n) is 3.76. The fraction of sp³-hybridized carbons (Fsp3) is 0.700. The first-order chi connectivity index (χ1) is 8.15. The largest absolute Gasteiger partial charge is 0.407 e. The van der Waals surface area contributed by atoms with Gasteiger partial charge in [-0.25, -0.2) is 0 Å². The number of nitrogens with two attached hydrogens (primary N) is 1. The summed E-state index contributed by atoms with van der Waals surface area (Å²) in [6.07, 6.45) is 1.29. The summed E-state index contributed by atoms with van der Waals surface area (Å²) in [7, 11) is 0. The monoisotopic (exact) mass is 241 g/mol. The van der Waals surface area contributed by atoms with Crippen LogP contribution in [0.2, 0.25) is 0 Å². The number of carbonyl (C=O) groups is 1. The molecule has 1 unspecified atom stereocenters. The first kappa shape index (κ1) is 13.4. The van der Waals surface area contributed by atoms with E-state index < -0.39 is 0 Å².